The minimum Gasteiger partial charge on any atom is -0.342 e. The van der Waals surface area contributed by atoms with Crippen molar-refractivity contribution in [2.75, 3.05) is 24.6 Å². The van der Waals surface area contributed by atoms with Crippen LogP contribution in [0.2, 0.25) is 5.02 Å². The third-order valence-electron chi connectivity index (χ3n) is 4.52. The highest BCUT2D eigenvalue weighted by atomic mass is 35.5. The average molecular weight is 436 g/mol. The zero-order valence-electron chi connectivity index (χ0n) is 15.5. The van der Waals surface area contributed by atoms with E-state index < -0.39 is 0 Å². The number of terminal acetylenes is 1. The first-order valence-electron chi connectivity index (χ1n) is 9.24. The fourth-order valence-corrected chi connectivity index (χ4v) is 5.17. The molecule has 28 heavy (non-hydrogen) atoms. The Morgan fingerprint density at radius 1 is 1.21 bits per heavy atom. The van der Waals surface area contributed by atoms with E-state index in [0.29, 0.717) is 22.1 Å². The van der Waals surface area contributed by atoms with E-state index in [9.17, 15) is 9.59 Å². The van der Waals surface area contributed by atoms with Crippen molar-refractivity contribution in [2.45, 2.75) is 32.2 Å². The lowest BCUT2D eigenvalue weighted by atomic mass is 10.2. The van der Waals surface area contributed by atoms with Gasteiger partial charge in [0, 0.05) is 18.1 Å². The van der Waals surface area contributed by atoms with Gasteiger partial charge in [0.1, 0.15) is 0 Å². The smallest absolute Gasteiger partial charge is 0.258 e. The lowest BCUT2D eigenvalue weighted by Gasteiger charge is -2.19. The van der Waals surface area contributed by atoms with Crippen LogP contribution in [0, 0.1) is 12.3 Å². The molecule has 148 valence electrons. The number of hydrogen-bond acceptors (Lipinski definition) is 4. The summed E-state index contributed by atoms with van der Waals surface area (Å²) in [5, 5.41) is 0.627. The van der Waals surface area contributed by atoms with E-state index in [-0.39, 0.29) is 17.6 Å². The molecule has 1 aromatic heterocycles. The van der Waals surface area contributed by atoms with Crippen molar-refractivity contribution in [3.8, 4) is 12.3 Å². The van der Waals surface area contributed by atoms with Crippen LogP contribution in [-0.2, 0) is 16.1 Å². The Labute approximate surface area is 177 Å². The zero-order valence-corrected chi connectivity index (χ0v) is 17.9. The molecule has 0 saturated carbocycles. The fourth-order valence-electron chi connectivity index (χ4n) is 3.15. The quantitative estimate of drug-likeness (QED) is 0.675. The maximum atomic E-state index is 12.3. The number of carbonyl (C=O) groups is 2. The Bertz CT molecular complexity index is 966. The summed E-state index contributed by atoms with van der Waals surface area (Å²) in [4.78, 5) is 31.3. The van der Waals surface area contributed by atoms with Crippen LogP contribution in [0.4, 0.5) is 0 Å². The molecule has 1 fully saturated rings. The Morgan fingerprint density at radius 3 is 2.68 bits per heavy atom. The van der Waals surface area contributed by atoms with Gasteiger partial charge >= 0.3 is 0 Å². The number of nitrogens with zero attached hydrogens (tertiary/aromatic N) is 3. The van der Waals surface area contributed by atoms with E-state index in [1.807, 2.05) is 21.6 Å². The molecule has 5 nitrogen and oxygen atoms in total. The van der Waals surface area contributed by atoms with Gasteiger partial charge in [-0.05, 0) is 31.0 Å². The minimum absolute atomic E-state index is 0.110. The van der Waals surface area contributed by atoms with Crippen LogP contribution in [0.15, 0.2) is 23.2 Å². The van der Waals surface area contributed by atoms with E-state index in [0.717, 1.165) is 36.1 Å². The molecule has 1 aliphatic heterocycles. The van der Waals surface area contributed by atoms with Crippen LogP contribution in [0.3, 0.4) is 0 Å². The van der Waals surface area contributed by atoms with Crippen molar-refractivity contribution < 1.29 is 9.59 Å². The summed E-state index contributed by atoms with van der Waals surface area (Å²) in [6, 6.07) is 5.51. The van der Waals surface area contributed by atoms with Crippen molar-refractivity contribution in [2.24, 2.45) is 4.99 Å². The van der Waals surface area contributed by atoms with Gasteiger partial charge in [-0.3, -0.25) is 9.59 Å². The predicted octanol–water partition coefficient (Wildman–Crippen LogP) is 3.55. The van der Waals surface area contributed by atoms with Crippen LogP contribution in [0.5, 0.6) is 0 Å². The highest BCUT2D eigenvalue weighted by molar-refractivity contribution is 8.00. The van der Waals surface area contributed by atoms with Crippen molar-refractivity contribution >= 4 is 56.7 Å². The molecule has 0 bridgehead atoms. The number of rotatable bonds is 5. The molecule has 1 aromatic carbocycles. The lowest BCUT2D eigenvalue weighted by Crippen LogP contribution is -2.33. The van der Waals surface area contributed by atoms with Gasteiger partial charge < -0.3 is 9.47 Å². The van der Waals surface area contributed by atoms with Gasteiger partial charge in [-0.2, -0.15) is 4.99 Å². The number of amides is 2. The molecule has 0 radical (unpaired) electrons. The van der Waals surface area contributed by atoms with Crippen molar-refractivity contribution in [1.82, 2.24) is 9.47 Å². The Hall–Kier alpha value is -1.75. The highest BCUT2D eigenvalue weighted by Crippen LogP contribution is 2.21. The molecule has 2 amide bonds. The monoisotopic (exact) mass is 435 g/mol. The minimum atomic E-state index is -0.267. The number of aromatic nitrogens is 1. The molecule has 3 rings (SSSR count). The number of fused-ring (bicyclic) bond motifs is 1. The molecule has 0 aliphatic carbocycles. The Morgan fingerprint density at radius 2 is 1.96 bits per heavy atom. The standard InChI is InChI=1S/C20H22ClN3O2S2/c1-2-9-24-16-8-7-15(21)12-17(16)28-20(24)22-18(25)13-27-14-19(26)23-10-5-3-4-6-11-23/h1,7-8,12H,3-6,9-11,13-14H2. The Balaban J connectivity index is 1.65. The van der Waals surface area contributed by atoms with Gasteiger partial charge in [-0.1, -0.05) is 41.7 Å². The van der Waals surface area contributed by atoms with Gasteiger partial charge in [-0.15, -0.1) is 18.2 Å². The van der Waals surface area contributed by atoms with E-state index in [1.165, 1.54) is 35.9 Å². The molecule has 8 heteroatoms. The lowest BCUT2D eigenvalue weighted by molar-refractivity contribution is -0.128. The van der Waals surface area contributed by atoms with Crippen molar-refractivity contribution in [1.29, 1.82) is 0 Å². The summed E-state index contributed by atoms with van der Waals surface area (Å²) in [6.45, 7) is 1.98. The number of thioether (sulfide) groups is 1. The highest BCUT2D eigenvalue weighted by Gasteiger charge is 2.16. The van der Waals surface area contributed by atoms with E-state index in [2.05, 4.69) is 10.9 Å². The summed E-state index contributed by atoms with van der Waals surface area (Å²) in [5.74, 6) is 2.93. The third kappa shape index (κ3) is 5.40. The topological polar surface area (TPSA) is 54.7 Å². The number of hydrogen-bond donors (Lipinski definition) is 0. The molecule has 1 saturated heterocycles. The number of carbonyl (C=O) groups excluding carboxylic acids is 2. The van der Waals surface area contributed by atoms with Gasteiger partial charge in [0.25, 0.3) is 5.91 Å². The molecular formula is C20H22ClN3O2S2. The summed E-state index contributed by atoms with van der Waals surface area (Å²) in [5.41, 5.74) is 0.905. The van der Waals surface area contributed by atoms with Crippen LogP contribution < -0.4 is 4.80 Å². The summed E-state index contributed by atoms with van der Waals surface area (Å²) >= 11 is 8.76. The molecule has 0 atom stereocenters. The van der Waals surface area contributed by atoms with Gasteiger partial charge in [0.2, 0.25) is 5.91 Å². The molecule has 0 N–H and O–H groups in total. The average Bonchev–Trinajstić information content (AvgIpc) is 2.85. The second-order valence-corrected chi connectivity index (χ2v) is 9.01. The first-order chi connectivity index (χ1) is 13.6. The van der Waals surface area contributed by atoms with E-state index >= 15 is 0 Å². The molecule has 1 aliphatic rings. The molecule has 0 spiro atoms. The van der Waals surface area contributed by atoms with Gasteiger partial charge in [0.15, 0.2) is 4.80 Å². The summed E-state index contributed by atoms with van der Waals surface area (Å²) in [7, 11) is 0. The predicted molar refractivity (Wildman–Crippen MR) is 117 cm³/mol. The second kappa shape index (κ2) is 10.1. The summed E-state index contributed by atoms with van der Waals surface area (Å²) in [6.07, 6.45) is 9.97. The number of halogens is 1. The molecular weight excluding hydrogens is 414 g/mol. The maximum Gasteiger partial charge on any atom is 0.258 e. The van der Waals surface area contributed by atoms with Gasteiger partial charge in [-0.25, -0.2) is 0 Å². The van der Waals surface area contributed by atoms with E-state index in [4.69, 9.17) is 18.0 Å². The second-order valence-electron chi connectivity index (χ2n) is 6.58. The van der Waals surface area contributed by atoms with Crippen molar-refractivity contribution in [3.05, 3.63) is 28.0 Å². The number of likely N-dealkylation sites (tertiary alicyclic amines) is 1. The summed E-state index contributed by atoms with van der Waals surface area (Å²) < 4.78 is 2.76. The van der Waals surface area contributed by atoms with Crippen molar-refractivity contribution in [3.63, 3.8) is 0 Å². The van der Waals surface area contributed by atoms with Crippen LogP contribution in [-0.4, -0.2) is 45.9 Å². The fraction of sp³-hybridized carbons (Fsp3) is 0.450. The molecule has 0 unspecified atom stereocenters. The maximum absolute atomic E-state index is 12.3. The van der Waals surface area contributed by atoms with Crippen LogP contribution >= 0.6 is 34.7 Å². The SMILES string of the molecule is C#CCn1c(=NC(=O)CSCC(=O)N2CCCCCC2)sc2cc(Cl)ccc21. The van der Waals surface area contributed by atoms with Gasteiger partial charge in [0.05, 0.1) is 28.3 Å². The van der Waals surface area contributed by atoms with Crippen LogP contribution in [0.25, 0.3) is 10.2 Å². The first kappa shape index (κ1) is 21.0. The van der Waals surface area contributed by atoms with Crippen LogP contribution in [0.1, 0.15) is 25.7 Å². The van der Waals surface area contributed by atoms with E-state index in [1.54, 1.807) is 6.07 Å². The first-order valence-corrected chi connectivity index (χ1v) is 11.6. The third-order valence-corrected chi connectivity index (χ3v) is 6.70. The normalized spacial score (nSPS) is 15.4. The Kier molecular flexibility index (Phi) is 7.60. The number of thiazole rings is 1. The molecule has 2 aromatic rings. The zero-order chi connectivity index (χ0) is 19.9. The molecule has 2 heterocycles. The largest absolute Gasteiger partial charge is 0.342 e. The number of benzene rings is 1.